The number of hydrogen-bond donors (Lipinski definition) is 1. The van der Waals surface area contributed by atoms with Crippen molar-refractivity contribution in [1.82, 2.24) is 4.57 Å². The molecule has 1 aromatic heterocycles. The second-order valence-electron chi connectivity index (χ2n) is 6.48. The molecule has 1 unspecified atom stereocenters. The van der Waals surface area contributed by atoms with Crippen molar-refractivity contribution >= 4 is 20.7 Å². The molecule has 2 N–H and O–H groups in total. The average Bonchev–Trinajstić information content (AvgIpc) is 2.84. The Balaban J connectivity index is 2.26. The zero-order valence-electron chi connectivity index (χ0n) is 14.8. The third-order valence-electron chi connectivity index (χ3n) is 4.82. The van der Waals surface area contributed by atoms with Gasteiger partial charge in [-0.25, -0.2) is 17.2 Å². The predicted octanol–water partition coefficient (Wildman–Crippen LogP) is 3.66. The Labute approximate surface area is 151 Å². The molecule has 3 aromatic rings. The fourth-order valence-electron chi connectivity index (χ4n) is 3.31. The smallest absolute Gasteiger partial charge is 0.206 e. The Hall–Kier alpha value is -2.25. The highest BCUT2D eigenvalue weighted by atomic mass is 32.2. The maximum atomic E-state index is 13.5. The zero-order valence-corrected chi connectivity index (χ0v) is 15.6. The normalized spacial score (nSPS) is 13.3. The van der Waals surface area contributed by atoms with Crippen LogP contribution >= 0.6 is 0 Å². The van der Waals surface area contributed by atoms with Crippen LogP contribution in [0.25, 0.3) is 10.9 Å². The molecular weight excluding hydrogens is 358 g/mol. The summed E-state index contributed by atoms with van der Waals surface area (Å²) in [5.74, 6) is -1.82. The quantitative estimate of drug-likeness (QED) is 0.753. The maximum absolute atomic E-state index is 13.5. The second kappa shape index (κ2) is 6.48. The molecule has 0 amide bonds. The molecule has 0 bridgehead atoms. The van der Waals surface area contributed by atoms with Crippen LogP contribution in [0.1, 0.15) is 24.1 Å². The lowest BCUT2D eigenvalue weighted by Gasteiger charge is -2.10. The summed E-state index contributed by atoms with van der Waals surface area (Å²) in [6.45, 7) is 4.36. The largest absolute Gasteiger partial charge is 0.348 e. The summed E-state index contributed by atoms with van der Waals surface area (Å²) in [4.78, 5) is -0.415. The summed E-state index contributed by atoms with van der Waals surface area (Å²) in [5, 5.41) is 0.779. The molecule has 1 atom stereocenters. The van der Waals surface area contributed by atoms with E-state index in [-0.39, 0.29) is 10.8 Å². The highest BCUT2D eigenvalue weighted by Gasteiger charge is 2.23. The Bertz CT molecular complexity index is 1080. The number of rotatable bonds is 4. The van der Waals surface area contributed by atoms with Crippen LogP contribution in [0.4, 0.5) is 8.78 Å². The molecule has 138 valence electrons. The lowest BCUT2D eigenvalue weighted by Crippen LogP contribution is -2.10. The van der Waals surface area contributed by atoms with Gasteiger partial charge in [-0.15, -0.1) is 0 Å². The molecule has 0 aliphatic carbocycles. The molecule has 7 heteroatoms. The predicted molar refractivity (Wildman–Crippen MR) is 96.9 cm³/mol. The van der Waals surface area contributed by atoms with Crippen molar-refractivity contribution in [3.8, 4) is 0 Å². The van der Waals surface area contributed by atoms with Crippen LogP contribution in [0, 0.1) is 18.6 Å². The first-order chi connectivity index (χ1) is 12.2. The average molecular weight is 378 g/mol. The topological polar surface area (TPSA) is 65.1 Å². The first-order valence-electron chi connectivity index (χ1n) is 8.17. The summed E-state index contributed by atoms with van der Waals surface area (Å²) in [7, 11) is -2.15. The van der Waals surface area contributed by atoms with Crippen molar-refractivity contribution in [2.24, 2.45) is 12.8 Å². The van der Waals surface area contributed by atoms with Crippen molar-refractivity contribution in [2.75, 3.05) is 6.54 Å². The number of hydrogen-bond acceptors (Lipinski definition) is 3. The van der Waals surface area contributed by atoms with E-state index in [1.54, 1.807) is 12.1 Å². The lowest BCUT2D eigenvalue weighted by atomic mass is 9.98. The van der Waals surface area contributed by atoms with E-state index in [1.807, 2.05) is 25.5 Å². The highest BCUT2D eigenvalue weighted by Crippen LogP contribution is 2.33. The summed E-state index contributed by atoms with van der Waals surface area (Å²) < 4.78 is 54.7. The molecule has 1 heterocycles. The number of nitrogens with two attached hydrogens (primary N) is 1. The summed E-state index contributed by atoms with van der Waals surface area (Å²) in [6.07, 6.45) is 0. The number of sulfone groups is 1. The van der Waals surface area contributed by atoms with Gasteiger partial charge in [0.05, 0.1) is 9.79 Å². The Morgan fingerprint density at radius 1 is 1.08 bits per heavy atom. The summed E-state index contributed by atoms with van der Waals surface area (Å²) >= 11 is 0. The minimum Gasteiger partial charge on any atom is -0.348 e. The third kappa shape index (κ3) is 2.91. The van der Waals surface area contributed by atoms with Gasteiger partial charge >= 0.3 is 0 Å². The van der Waals surface area contributed by atoms with Gasteiger partial charge < -0.3 is 10.3 Å². The maximum Gasteiger partial charge on any atom is 0.206 e. The van der Waals surface area contributed by atoms with Crippen molar-refractivity contribution in [1.29, 1.82) is 0 Å². The van der Waals surface area contributed by atoms with Gasteiger partial charge in [0, 0.05) is 29.7 Å². The Kier molecular flexibility index (Phi) is 4.62. The fourth-order valence-corrected chi connectivity index (χ4v) is 4.63. The van der Waals surface area contributed by atoms with E-state index in [4.69, 9.17) is 5.73 Å². The van der Waals surface area contributed by atoms with E-state index >= 15 is 0 Å². The molecule has 0 saturated carbocycles. The standard InChI is InChI=1S/C19H20F2N2O2S/c1-11(10-22)19-12(2)23(3)18-5-4-15(9-17(18)19)26(24,25)16-7-13(20)6-14(21)8-16/h4-9,11H,10,22H2,1-3H3. The van der Waals surface area contributed by atoms with Crippen LogP contribution in [-0.2, 0) is 16.9 Å². The van der Waals surface area contributed by atoms with Gasteiger partial charge in [-0.2, -0.15) is 0 Å². The molecule has 0 spiro atoms. The van der Waals surface area contributed by atoms with E-state index in [0.717, 1.165) is 34.3 Å². The van der Waals surface area contributed by atoms with Gasteiger partial charge in [0.25, 0.3) is 0 Å². The van der Waals surface area contributed by atoms with Gasteiger partial charge in [-0.3, -0.25) is 0 Å². The van der Waals surface area contributed by atoms with Crippen LogP contribution in [-0.4, -0.2) is 19.5 Å². The zero-order chi connectivity index (χ0) is 19.2. The second-order valence-corrected chi connectivity index (χ2v) is 8.43. The molecule has 0 radical (unpaired) electrons. The van der Waals surface area contributed by atoms with E-state index in [9.17, 15) is 17.2 Å². The molecule has 0 saturated heterocycles. The van der Waals surface area contributed by atoms with Crippen molar-refractivity contribution in [3.05, 3.63) is 59.3 Å². The number of nitrogens with zero attached hydrogens (tertiary/aromatic N) is 1. The van der Waals surface area contributed by atoms with E-state index in [1.165, 1.54) is 6.07 Å². The minimum atomic E-state index is -4.05. The van der Waals surface area contributed by atoms with Crippen molar-refractivity contribution in [2.45, 2.75) is 29.6 Å². The molecule has 26 heavy (non-hydrogen) atoms. The molecule has 4 nitrogen and oxygen atoms in total. The summed E-state index contributed by atoms with van der Waals surface area (Å²) in [6, 6.07) is 7.00. The Morgan fingerprint density at radius 2 is 1.69 bits per heavy atom. The third-order valence-corrected chi connectivity index (χ3v) is 6.55. The lowest BCUT2D eigenvalue weighted by molar-refractivity contribution is 0.567. The monoisotopic (exact) mass is 378 g/mol. The van der Waals surface area contributed by atoms with Crippen molar-refractivity contribution in [3.63, 3.8) is 0 Å². The van der Waals surface area contributed by atoms with Crippen LogP contribution in [0.5, 0.6) is 0 Å². The van der Waals surface area contributed by atoms with Crippen molar-refractivity contribution < 1.29 is 17.2 Å². The van der Waals surface area contributed by atoms with Gasteiger partial charge in [-0.1, -0.05) is 6.92 Å². The number of fused-ring (bicyclic) bond motifs is 1. The molecule has 0 aliphatic heterocycles. The van der Waals surface area contributed by atoms with Crippen LogP contribution < -0.4 is 5.73 Å². The van der Waals surface area contributed by atoms with E-state index in [2.05, 4.69) is 0 Å². The molecule has 3 rings (SSSR count). The number of benzene rings is 2. The van der Waals surface area contributed by atoms with E-state index < -0.39 is 26.4 Å². The Morgan fingerprint density at radius 3 is 2.27 bits per heavy atom. The number of aryl methyl sites for hydroxylation is 1. The van der Waals surface area contributed by atoms with Crippen LogP contribution in [0.2, 0.25) is 0 Å². The number of aromatic nitrogens is 1. The van der Waals surface area contributed by atoms with Crippen LogP contribution in [0.3, 0.4) is 0 Å². The van der Waals surface area contributed by atoms with E-state index in [0.29, 0.717) is 12.6 Å². The molecule has 0 fully saturated rings. The minimum absolute atomic E-state index is 0.00827. The molecule has 2 aromatic carbocycles. The first-order valence-corrected chi connectivity index (χ1v) is 9.65. The first kappa shape index (κ1) is 18.5. The molecular formula is C19H20F2N2O2S. The van der Waals surface area contributed by atoms with Gasteiger partial charge in [0.2, 0.25) is 9.84 Å². The van der Waals surface area contributed by atoms with Gasteiger partial charge in [-0.05, 0) is 55.3 Å². The summed E-state index contributed by atoms with van der Waals surface area (Å²) in [5.41, 5.74) is 8.67. The van der Waals surface area contributed by atoms with Gasteiger partial charge in [0.15, 0.2) is 0 Å². The highest BCUT2D eigenvalue weighted by molar-refractivity contribution is 7.91. The fraction of sp³-hybridized carbons (Fsp3) is 0.263. The number of halogens is 2. The molecule has 0 aliphatic rings. The van der Waals surface area contributed by atoms with Crippen LogP contribution in [0.15, 0.2) is 46.2 Å². The SMILES string of the molecule is Cc1c(C(C)CN)c2cc(S(=O)(=O)c3cc(F)cc(F)c3)ccc2n1C. The van der Waals surface area contributed by atoms with Gasteiger partial charge in [0.1, 0.15) is 11.6 Å².